The highest BCUT2D eigenvalue weighted by Gasteiger charge is 2.39. The van der Waals surface area contributed by atoms with E-state index in [0.29, 0.717) is 30.2 Å². The van der Waals surface area contributed by atoms with Crippen molar-refractivity contribution in [1.82, 2.24) is 0 Å². The van der Waals surface area contributed by atoms with Gasteiger partial charge in [-0.05, 0) is 23.3 Å². The number of halogens is 1. The van der Waals surface area contributed by atoms with Gasteiger partial charge in [0.15, 0.2) is 5.06 Å². The predicted octanol–water partition coefficient (Wildman–Crippen LogP) is 2.48. The highest BCUT2D eigenvalue weighted by Crippen LogP contribution is 2.45. The zero-order chi connectivity index (χ0) is 19.8. The Morgan fingerprint density at radius 1 is 1.32 bits per heavy atom. The van der Waals surface area contributed by atoms with Gasteiger partial charge in [-0.2, -0.15) is 0 Å². The summed E-state index contributed by atoms with van der Waals surface area (Å²) in [4.78, 5) is 1.11. The van der Waals surface area contributed by atoms with Gasteiger partial charge < -0.3 is 29.5 Å². The van der Waals surface area contributed by atoms with Crippen LogP contribution in [0.2, 0.25) is 5.02 Å². The number of fused-ring (bicyclic) bond motifs is 1. The standard InChI is InChI=1S/C20H23ClO6S/c1-25-17-3-2-11(28-17)6-10-7-13(12-4-5-26-20(12)18(10)21)15-8-14(23)19(24)16(9-22)27-15/h2-3,7,14-16,19,22-24H,4-6,8-9H2,1H3/t14-,15-,16?,19?/m1/s1. The first-order valence-electron chi connectivity index (χ1n) is 9.24. The minimum absolute atomic E-state index is 0.248. The van der Waals surface area contributed by atoms with Gasteiger partial charge in [0.1, 0.15) is 18.0 Å². The molecule has 0 bridgehead atoms. The summed E-state index contributed by atoms with van der Waals surface area (Å²) in [7, 11) is 1.64. The maximum absolute atomic E-state index is 10.2. The van der Waals surface area contributed by atoms with Crippen molar-refractivity contribution in [2.75, 3.05) is 20.3 Å². The molecule has 2 aliphatic rings. The van der Waals surface area contributed by atoms with E-state index in [1.54, 1.807) is 18.4 Å². The Morgan fingerprint density at radius 3 is 2.86 bits per heavy atom. The molecule has 6 nitrogen and oxygen atoms in total. The fraction of sp³-hybridized carbons (Fsp3) is 0.500. The molecule has 0 amide bonds. The minimum Gasteiger partial charge on any atom is -0.491 e. The van der Waals surface area contributed by atoms with E-state index in [4.69, 9.17) is 25.8 Å². The Bertz CT molecular complexity index is 853. The van der Waals surface area contributed by atoms with Crippen LogP contribution in [0.5, 0.6) is 10.8 Å². The van der Waals surface area contributed by atoms with E-state index >= 15 is 0 Å². The average molecular weight is 427 g/mol. The quantitative estimate of drug-likeness (QED) is 0.680. The third-order valence-corrected chi connectivity index (χ3v) is 6.79. The van der Waals surface area contributed by atoms with E-state index in [1.165, 1.54) is 0 Å². The normalized spacial score (nSPS) is 26.8. The van der Waals surface area contributed by atoms with Crippen molar-refractivity contribution < 1.29 is 29.5 Å². The summed E-state index contributed by atoms with van der Waals surface area (Å²) in [6.07, 6.45) is -1.76. The first-order chi connectivity index (χ1) is 13.5. The predicted molar refractivity (Wildman–Crippen MR) is 106 cm³/mol. The largest absolute Gasteiger partial charge is 0.491 e. The van der Waals surface area contributed by atoms with E-state index in [-0.39, 0.29) is 13.0 Å². The molecule has 0 spiro atoms. The number of ether oxygens (including phenoxy) is 3. The Morgan fingerprint density at radius 2 is 2.14 bits per heavy atom. The number of rotatable bonds is 5. The molecule has 8 heteroatoms. The molecule has 0 aliphatic carbocycles. The van der Waals surface area contributed by atoms with Gasteiger partial charge in [0.25, 0.3) is 0 Å². The van der Waals surface area contributed by atoms with Gasteiger partial charge >= 0.3 is 0 Å². The fourth-order valence-corrected chi connectivity index (χ4v) is 5.01. The average Bonchev–Trinajstić information content (AvgIpc) is 3.35. The monoisotopic (exact) mass is 426 g/mol. The lowest BCUT2D eigenvalue weighted by atomic mass is 9.89. The van der Waals surface area contributed by atoms with Crippen molar-refractivity contribution in [3.05, 3.63) is 44.8 Å². The van der Waals surface area contributed by atoms with E-state index in [0.717, 1.165) is 26.6 Å². The molecule has 0 radical (unpaired) electrons. The Balaban J connectivity index is 1.70. The number of methoxy groups -OCH3 is 1. The number of aliphatic hydroxyl groups is 3. The van der Waals surface area contributed by atoms with Crippen molar-refractivity contribution in [2.45, 2.75) is 43.7 Å². The SMILES string of the molecule is COc1ccc(Cc2cc([C@H]3C[C@@H](O)C(O)C(CO)O3)c3c(c2Cl)OCC3)s1. The Labute approximate surface area is 172 Å². The molecule has 2 aromatic rings. The third-order valence-electron chi connectivity index (χ3n) is 5.33. The van der Waals surface area contributed by atoms with E-state index < -0.39 is 24.4 Å². The van der Waals surface area contributed by atoms with Gasteiger partial charge in [-0.15, -0.1) is 11.3 Å². The van der Waals surface area contributed by atoms with Crippen LogP contribution in [0.15, 0.2) is 18.2 Å². The third kappa shape index (κ3) is 3.63. The summed E-state index contributed by atoms with van der Waals surface area (Å²) >= 11 is 8.20. The number of hydrogen-bond acceptors (Lipinski definition) is 7. The smallest absolute Gasteiger partial charge is 0.173 e. The summed E-state index contributed by atoms with van der Waals surface area (Å²) in [6, 6.07) is 5.94. The van der Waals surface area contributed by atoms with Crippen molar-refractivity contribution in [1.29, 1.82) is 0 Å². The lowest BCUT2D eigenvalue weighted by molar-refractivity contribution is -0.181. The highest BCUT2D eigenvalue weighted by atomic mass is 35.5. The van der Waals surface area contributed by atoms with Crippen LogP contribution in [0.25, 0.3) is 0 Å². The maximum atomic E-state index is 10.2. The van der Waals surface area contributed by atoms with Crippen LogP contribution >= 0.6 is 22.9 Å². The van der Waals surface area contributed by atoms with Gasteiger partial charge in [0.2, 0.25) is 0 Å². The van der Waals surface area contributed by atoms with E-state index in [9.17, 15) is 15.3 Å². The molecule has 4 rings (SSSR count). The second kappa shape index (κ2) is 8.18. The van der Waals surface area contributed by atoms with Crippen LogP contribution in [0.4, 0.5) is 0 Å². The van der Waals surface area contributed by atoms with Crippen LogP contribution in [0.1, 0.15) is 34.1 Å². The summed E-state index contributed by atoms with van der Waals surface area (Å²) in [5.41, 5.74) is 2.79. The molecule has 1 aromatic heterocycles. The van der Waals surface area contributed by atoms with E-state index in [1.807, 2.05) is 18.2 Å². The molecule has 3 N–H and O–H groups in total. The van der Waals surface area contributed by atoms with Crippen LogP contribution in [-0.4, -0.2) is 54.0 Å². The minimum atomic E-state index is -1.10. The number of aliphatic hydroxyl groups excluding tert-OH is 3. The van der Waals surface area contributed by atoms with Crippen molar-refractivity contribution in [3.8, 4) is 10.8 Å². The zero-order valence-corrected chi connectivity index (χ0v) is 17.0. The Kier molecular flexibility index (Phi) is 5.83. The van der Waals surface area contributed by atoms with Crippen molar-refractivity contribution >= 4 is 22.9 Å². The van der Waals surface area contributed by atoms with Crippen LogP contribution in [-0.2, 0) is 17.6 Å². The molecule has 1 fully saturated rings. The van der Waals surface area contributed by atoms with Gasteiger partial charge in [0, 0.05) is 29.7 Å². The summed E-state index contributed by atoms with van der Waals surface area (Å²) < 4.78 is 17.0. The molecule has 1 saturated heterocycles. The molecular formula is C20H23ClO6S. The topological polar surface area (TPSA) is 88.4 Å². The summed E-state index contributed by atoms with van der Waals surface area (Å²) in [5.74, 6) is 0.669. The molecule has 152 valence electrons. The van der Waals surface area contributed by atoms with Gasteiger partial charge in [-0.3, -0.25) is 0 Å². The Hall–Kier alpha value is -1.35. The molecule has 3 heterocycles. The molecule has 0 saturated carbocycles. The molecule has 28 heavy (non-hydrogen) atoms. The first-order valence-corrected chi connectivity index (χ1v) is 10.4. The van der Waals surface area contributed by atoms with Gasteiger partial charge in [0.05, 0.1) is 37.6 Å². The van der Waals surface area contributed by atoms with Crippen LogP contribution in [0, 0.1) is 0 Å². The fourth-order valence-electron chi connectivity index (χ4n) is 3.88. The van der Waals surface area contributed by atoms with Gasteiger partial charge in [-0.1, -0.05) is 17.7 Å². The van der Waals surface area contributed by atoms with E-state index in [2.05, 4.69) is 0 Å². The summed E-state index contributed by atoms with van der Waals surface area (Å²) in [5, 5.41) is 31.2. The zero-order valence-electron chi connectivity index (χ0n) is 15.4. The number of thiophene rings is 1. The molecule has 1 aromatic carbocycles. The van der Waals surface area contributed by atoms with Crippen LogP contribution < -0.4 is 9.47 Å². The second-order valence-electron chi connectivity index (χ2n) is 7.09. The lowest BCUT2D eigenvalue weighted by Crippen LogP contribution is -2.47. The molecule has 2 unspecified atom stereocenters. The first kappa shape index (κ1) is 19.9. The van der Waals surface area contributed by atoms with Gasteiger partial charge in [-0.25, -0.2) is 0 Å². The second-order valence-corrected chi connectivity index (χ2v) is 8.59. The van der Waals surface area contributed by atoms with Crippen LogP contribution in [0.3, 0.4) is 0 Å². The summed E-state index contributed by atoms with van der Waals surface area (Å²) in [6.45, 7) is 0.183. The number of hydrogen-bond donors (Lipinski definition) is 3. The molecule has 2 aliphatic heterocycles. The number of benzene rings is 1. The maximum Gasteiger partial charge on any atom is 0.173 e. The molecule has 4 atom stereocenters. The highest BCUT2D eigenvalue weighted by molar-refractivity contribution is 7.13. The molecular weight excluding hydrogens is 404 g/mol. The van der Waals surface area contributed by atoms with Crippen molar-refractivity contribution in [3.63, 3.8) is 0 Å². The lowest BCUT2D eigenvalue weighted by Gasteiger charge is -2.37. The van der Waals surface area contributed by atoms with Crippen molar-refractivity contribution in [2.24, 2.45) is 0 Å².